The number of carbonyl (C=O) groups excluding carboxylic acids is 1. The molecule has 1 amide bonds. The Bertz CT molecular complexity index is 758. The summed E-state index contributed by atoms with van der Waals surface area (Å²) in [4.78, 5) is 15.0. The van der Waals surface area contributed by atoms with Crippen LogP contribution in [-0.4, -0.2) is 11.9 Å². The van der Waals surface area contributed by atoms with Gasteiger partial charge in [0.25, 0.3) is 5.91 Å². The van der Waals surface area contributed by atoms with Crippen LogP contribution in [0.1, 0.15) is 40.7 Å². The van der Waals surface area contributed by atoms with Gasteiger partial charge in [0.05, 0.1) is 6.04 Å². The molecule has 1 aliphatic carbocycles. The summed E-state index contributed by atoms with van der Waals surface area (Å²) in [6, 6.07) is 16.5. The van der Waals surface area contributed by atoms with Crippen molar-refractivity contribution in [3.05, 3.63) is 71.3 Å². The summed E-state index contributed by atoms with van der Waals surface area (Å²) < 4.78 is 0. The predicted molar refractivity (Wildman–Crippen MR) is 90.0 cm³/mol. The first-order valence-corrected chi connectivity index (χ1v) is 7.95. The fourth-order valence-electron chi connectivity index (χ4n) is 3.61. The van der Waals surface area contributed by atoms with Gasteiger partial charge in [-0.1, -0.05) is 42.0 Å². The minimum Gasteiger partial charge on any atom is -0.301 e. The van der Waals surface area contributed by atoms with E-state index in [2.05, 4.69) is 43.3 Å². The molecule has 1 atom stereocenters. The van der Waals surface area contributed by atoms with Crippen molar-refractivity contribution in [2.75, 3.05) is 4.90 Å². The zero-order valence-electron chi connectivity index (χ0n) is 12.8. The number of carbonyl (C=O) groups is 1. The molecule has 0 saturated carbocycles. The summed E-state index contributed by atoms with van der Waals surface area (Å²) in [5.74, 6) is 0.128. The van der Waals surface area contributed by atoms with Gasteiger partial charge in [-0.25, -0.2) is 0 Å². The van der Waals surface area contributed by atoms with Crippen LogP contribution in [0, 0.1) is 6.92 Å². The van der Waals surface area contributed by atoms with E-state index in [0.29, 0.717) is 0 Å². The van der Waals surface area contributed by atoms with Gasteiger partial charge in [-0.05, 0) is 55.5 Å². The highest BCUT2D eigenvalue weighted by molar-refractivity contribution is 6.14. The van der Waals surface area contributed by atoms with Gasteiger partial charge in [0.15, 0.2) is 0 Å². The molecule has 4 rings (SSSR count). The highest BCUT2D eigenvalue weighted by Crippen LogP contribution is 2.40. The molecule has 2 heteroatoms. The first kappa shape index (κ1) is 13.3. The maximum Gasteiger partial charge on any atom is 0.259 e. The zero-order chi connectivity index (χ0) is 15.1. The lowest BCUT2D eigenvalue weighted by Gasteiger charge is -2.40. The summed E-state index contributed by atoms with van der Waals surface area (Å²) in [6.07, 6.45) is 5.61. The smallest absolute Gasteiger partial charge is 0.259 e. The fourth-order valence-corrected chi connectivity index (χ4v) is 3.61. The molecule has 22 heavy (non-hydrogen) atoms. The highest BCUT2D eigenvalue weighted by Gasteiger charge is 2.37. The number of amides is 1. The van der Waals surface area contributed by atoms with E-state index in [-0.39, 0.29) is 11.9 Å². The second-order valence-corrected chi connectivity index (χ2v) is 6.16. The molecule has 0 radical (unpaired) electrons. The van der Waals surface area contributed by atoms with Crippen LogP contribution < -0.4 is 4.90 Å². The zero-order valence-corrected chi connectivity index (χ0v) is 12.8. The molecule has 1 aliphatic heterocycles. The first-order chi connectivity index (χ1) is 10.8. The van der Waals surface area contributed by atoms with Crippen LogP contribution in [0.5, 0.6) is 0 Å². The van der Waals surface area contributed by atoms with Gasteiger partial charge in [0, 0.05) is 11.3 Å². The molecule has 2 aromatic rings. The van der Waals surface area contributed by atoms with Gasteiger partial charge in [-0.3, -0.25) is 4.79 Å². The summed E-state index contributed by atoms with van der Waals surface area (Å²) >= 11 is 0. The molecule has 2 aliphatic rings. The Kier molecular flexibility index (Phi) is 3.11. The van der Waals surface area contributed by atoms with Crippen molar-refractivity contribution < 1.29 is 4.79 Å². The Morgan fingerprint density at radius 1 is 1.00 bits per heavy atom. The topological polar surface area (TPSA) is 20.3 Å². The van der Waals surface area contributed by atoms with Crippen molar-refractivity contribution in [1.29, 1.82) is 0 Å². The van der Waals surface area contributed by atoms with Gasteiger partial charge in [-0.15, -0.1) is 0 Å². The van der Waals surface area contributed by atoms with E-state index in [0.717, 1.165) is 36.1 Å². The molecule has 0 unspecified atom stereocenters. The van der Waals surface area contributed by atoms with Crippen LogP contribution in [0.4, 0.5) is 5.69 Å². The maximum atomic E-state index is 13.1. The maximum absolute atomic E-state index is 13.1. The van der Waals surface area contributed by atoms with Crippen LogP contribution in [0.3, 0.4) is 0 Å². The Hall–Kier alpha value is -2.35. The molecule has 1 heterocycles. The summed E-state index contributed by atoms with van der Waals surface area (Å²) in [5.41, 5.74) is 5.49. The molecule has 2 nitrogen and oxygen atoms in total. The number of hydrogen-bond acceptors (Lipinski definition) is 1. The second kappa shape index (κ2) is 5.13. The van der Waals surface area contributed by atoms with Crippen molar-refractivity contribution in [3.63, 3.8) is 0 Å². The number of fused-ring (bicyclic) bond motifs is 3. The summed E-state index contributed by atoms with van der Waals surface area (Å²) in [6.45, 7) is 2.07. The summed E-state index contributed by atoms with van der Waals surface area (Å²) in [5, 5.41) is 0. The molecule has 0 saturated heterocycles. The Morgan fingerprint density at radius 2 is 1.73 bits per heavy atom. The molecule has 0 aromatic heterocycles. The third-order valence-electron chi connectivity index (χ3n) is 4.72. The Morgan fingerprint density at radius 3 is 2.50 bits per heavy atom. The van der Waals surface area contributed by atoms with Gasteiger partial charge < -0.3 is 4.90 Å². The Labute approximate surface area is 131 Å². The fraction of sp³-hybridized carbons (Fsp3) is 0.250. The largest absolute Gasteiger partial charge is 0.301 e. The number of anilines is 1. The molecule has 2 aromatic carbocycles. The third kappa shape index (κ3) is 1.98. The molecule has 0 bridgehead atoms. The van der Waals surface area contributed by atoms with Crippen LogP contribution in [0.2, 0.25) is 0 Å². The van der Waals surface area contributed by atoms with Crippen molar-refractivity contribution in [1.82, 2.24) is 0 Å². The number of rotatable bonds is 1. The van der Waals surface area contributed by atoms with E-state index in [1.54, 1.807) is 0 Å². The van der Waals surface area contributed by atoms with E-state index in [4.69, 9.17) is 0 Å². The monoisotopic (exact) mass is 289 g/mol. The van der Waals surface area contributed by atoms with Gasteiger partial charge in [0.2, 0.25) is 0 Å². The van der Waals surface area contributed by atoms with Crippen LogP contribution in [0.25, 0.3) is 5.57 Å². The van der Waals surface area contributed by atoms with Crippen LogP contribution in [0.15, 0.2) is 54.6 Å². The van der Waals surface area contributed by atoms with E-state index >= 15 is 0 Å². The van der Waals surface area contributed by atoms with E-state index < -0.39 is 0 Å². The molecule has 0 fully saturated rings. The number of benzene rings is 2. The lowest BCUT2D eigenvalue weighted by molar-refractivity contribution is 0.0976. The SMILES string of the molecule is Cc1ccc(N2C(=O)c3ccccc3C3=CCCC[C@H]32)cc1. The molecular weight excluding hydrogens is 270 g/mol. The standard InChI is InChI=1S/C20H19NO/c1-14-10-12-15(13-11-14)21-19-9-5-4-7-17(19)16-6-2-3-8-18(16)20(21)22/h2-3,6-8,10-13,19H,4-5,9H2,1H3/t19-/m1/s1. The second-order valence-electron chi connectivity index (χ2n) is 6.16. The Balaban J connectivity index is 1.89. The molecular formula is C20H19NO. The first-order valence-electron chi connectivity index (χ1n) is 7.95. The molecule has 0 N–H and O–H groups in total. The van der Waals surface area contributed by atoms with Crippen molar-refractivity contribution >= 4 is 17.2 Å². The van der Waals surface area contributed by atoms with Crippen LogP contribution in [-0.2, 0) is 0 Å². The van der Waals surface area contributed by atoms with E-state index in [1.807, 2.05) is 23.1 Å². The molecule has 110 valence electrons. The predicted octanol–water partition coefficient (Wildman–Crippen LogP) is 4.59. The number of hydrogen-bond donors (Lipinski definition) is 0. The summed E-state index contributed by atoms with van der Waals surface area (Å²) in [7, 11) is 0. The van der Waals surface area contributed by atoms with Crippen LogP contribution >= 0.6 is 0 Å². The lowest BCUT2D eigenvalue weighted by Crippen LogP contribution is -2.46. The minimum absolute atomic E-state index is 0.128. The van der Waals surface area contributed by atoms with Gasteiger partial charge in [-0.2, -0.15) is 0 Å². The van der Waals surface area contributed by atoms with Gasteiger partial charge in [0.1, 0.15) is 0 Å². The van der Waals surface area contributed by atoms with E-state index in [9.17, 15) is 4.79 Å². The van der Waals surface area contributed by atoms with Crippen molar-refractivity contribution in [3.8, 4) is 0 Å². The lowest BCUT2D eigenvalue weighted by atomic mass is 9.82. The number of nitrogens with zero attached hydrogens (tertiary/aromatic N) is 1. The average Bonchev–Trinajstić information content (AvgIpc) is 2.57. The minimum atomic E-state index is 0.128. The normalized spacial score (nSPS) is 20.2. The average molecular weight is 289 g/mol. The number of aryl methyl sites for hydroxylation is 1. The highest BCUT2D eigenvalue weighted by atomic mass is 16.2. The van der Waals surface area contributed by atoms with Gasteiger partial charge >= 0.3 is 0 Å². The number of allylic oxidation sites excluding steroid dienone is 1. The quantitative estimate of drug-likeness (QED) is 0.752. The van der Waals surface area contributed by atoms with E-state index in [1.165, 1.54) is 11.1 Å². The third-order valence-corrected chi connectivity index (χ3v) is 4.72. The van der Waals surface area contributed by atoms with Crippen molar-refractivity contribution in [2.24, 2.45) is 0 Å². The molecule has 0 spiro atoms. The van der Waals surface area contributed by atoms with Crippen molar-refractivity contribution in [2.45, 2.75) is 32.2 Å².